The molecule has 2 aromatic carbocycles. The van der Waals surface area contributed by atoms with Gasteiger partial charge >= 0.3 is 0 Å². The summed E-state index contributed by atoms with van der Waals surface area (Å²) in [5.74, 6) is 0.344. The van der Waals surface area contributed by atoms with Crippen LogP contribution in [0.15, 0.2) is 53.6 Å². The van der Waals surface area contributed by atoms with Gasteiger partial charge in [-0.05, 0) is 42.3 Å². The SMILES string of the molecule is COc1ccc(CNC(=O)C/C(C)=N/NC(=O)Cc2ccc(Cl)cc2)cc1. The Morgan fingerprint density at radius 3 is 2.26 bits per heavy atom. The number of benzene rings is 2. The predicted octanol–water partition coefficient (Wildman–Crippen LogP) is 3.09. The number of nitrogens with one attached hydrogen (secondary N) is 2. The third-order valence-electron chi connectivity index (χ3n) is 3.71. The first-order chi connectivity index (χ1) is 13.0. The van der Waals surface area contributed by atoms with E-state index in [4.69, 9.17) is 16.3 Å². The van der Waals surface area contributed by atoms with Crippen LogP contribution >= 0.6 is 11.6 Å². The summed E-state index contributed by atoms with van der Waals surface area (Å²) in [4.78, 5) is 23.9. The molecule has 2 rings (SSSR count). The molecule has 0 spiro atoms. The van der Waals surface area contributed by atoms with Crippen LogP contribution in [0, 0.1) is 0 Å². The van der Waals surface area contributed by atoms with Crippen LogP contribution in [0.2, 0.25) is 5.02 Å². The molecule has 0 saturated carbocycles. The van der Waals surface area contributed by atoms with E-state index in [1.807, 2.05) is 24.3 Å². The zero-order valence-corrected chi connectivity index (χ0v) is 16.0. The van der Waals surface area contributed by atoms with Crippen molar-refractivity contribution in [2.24, 2.45) is 5.10 Å². The number of hydrogen-bond donors (Lipinski definition) is 2. The van der Waals surface area contributed by atoms with Gasteiger partial charge in [0.25, 0.3) is 0 Å². The summed E-state index contributed by atoms with van der Waals surface area (Å²) < 4.78 is 5.09. The number of rotatable bonds is 8. The van der Waals surface area contributed by atoms with Crippen molar-refractivity contribution in [3.05, 3.63) is 64.7 Å². The minimum atomic E-state index is -0.254. The molecule has 0 fully saturated rings. The predicted molar refractivity (Wildman–Crippen MR) is 106 cm³/mol. The second-order valence-corrected chi connectivity index (χ2v) is 6.42. The molecule has 0 unspecified atom stereocenters. The highest BCUT2D eigenvalue weighted by Crippen LogP contribution is 2.11. The largest absolute Gasteiger partial charge is 0.497 e. The molecule has 2 N–H and O–H groups in total. The van der Waals surface area contributed by atoms with E-state index >= 15 is 0 Å². The van der Waals surface area contributed by atoms with E-state index in [2.05, 4.69) is 15.8 Å². The summed E-state index contributed by atoms with van der Waals surface area (Å²) >= 11 is 5.81. The van der Waals surface area contributed by atoms with Gasteiger partial charge in [0.05, 0.1) is 20.0 Å². The summed E-state index contributed by atoms with van der Waals surface area (Å²) in [7, 11) is 1.60. The van der Waals surface area contributed by atoms with Crippen molar-refractivity contribution in [3.63, 3.8) is 0 Å². The molecular formula is C20H22ClN3O3. The number of halogens is 1. The standard InChI is InChI=1S/C20H22ClN3O3/c1-14(23-24-20(26)12-15-3-7-17(21)8-4-15)11-19(25)22-13-16-5-9-18(27-2)10-6-16/h3-10H,11-13H2,1-2H3,(H,22,25)(H,24,26)/b23-14+. The molecule has 2 aromatic rings. The Morgan fingerprint density at radius 1 is 1.00 bits per heavy atom. The summed E-state index contributed by atoms with van der Waals surface area (Å²) in [6.45, 7) is 2.11. The zero-order chi connectivity index (χ0) is 19.6. The topological polar surface area (TPSA) is 79.8 Å². The first-order valence-corrected chi connectivity index (χ1v) is 8.80. The number of carbonyl (C=O) groups is 2. The molecule has 0 saturated heterocycles. The average molecular weight is 388 g/mol. The van der Waals surface area contributed by atoms with Crippen molar-refractivity contribution in [1.82, 2.24) is 10.7 Å². The lowest BCUT2D eigenvalue weighted by Gasteiger charge is -2.07. The normalized spacial score (nSPS) is 11.0. The van der Waals surface area contributed by atoms with Gasteiger partial charge < -0.3 is 10.1 Å². The Bertz CT molecular complexity index is 802. The maximum atomic E-state index is 12.0. The Balaban J connectivity index is 1.73. The Morgan fingerprint density at radius 2 is 1.63 bits per heavy atom. The van der Waals surface area contributed by atoms with Gasteiger partial charge in [-0.1, -0.05) is 35.9 Å². The third-order valence-corrected chi connectivity index (χ3v) is 3.97. The molecule has 7 heteroatoms. The van der Waals surface area contributed by atoms with E-state index in [0.717, 1.165) is 16.9 Å². The molecule has 0 bridgehead atoms. The molecule has 0 heterocycles. The number of nitrogens with zero attached hydrogens (tertiary/aromatic N) is 1. The number of carbonyl (C=O) groups excluding carboxylic acids is 2. The number of ether oxygens (including phenoxy) is 1. The summed E-state index contributed by atoms with van der Waals surface area (Å²) in [5.41, 5.74) is 4.78. The fourth-order valence-electron chi connectivity index (χ4n) is 2.26. The van der Waals surface area contributed by atoms with Gasteiger partial charge in [-0.25, -0.2) is 5.43 Å². The van der Waals surface area contributed by atoms with E-state index in [9.17, 15) is 9.59 Å². The van der Waals surface area contributed by atoms with E-state index in [1.54, 1.807) is 38.3 Å². The zero-order valence-electron chi connectivity index (χ0n) is 15.3. The number of hydrogen-bond acceptors (Lipinski definition) is 4. The fraction of sp³-hybridized carbons (Fsp3) is 0.250. The first kappa shape index (κ1) is 20.5. The highest BCUT2D eigenvalue weighted by molar-refractivity contribution is 6.30. The van der Waals surface area contributed by atoms with Crippen LogP contribution in [0.5, 0.6) is 5.75 Å². The van der Waals surface area contributed by atoms with Gasteiger partial charge in [-0.3, -0.25) is 9.59 Å². The molecule has 27 heavy (non-hydrogen) atoms. The molecule has 0 atom stereocenters. The van der Waals surface area contributed by atoms with Gasteiger partial charge in [-0.15, -0.1) is 0 Å². The smallest absolute Gasteiger partial charge is 0.244 e. The number of methoxy groups -OCH3 is 1. The second-order valence-electron chi connectivity index (χ2n) is 5.99. The molecule has 0 radical (unpaired) electrons. The van der Waals surface area contributed by atoms with Gasteiger partial charge in [0.2, 0.25) is 11.8 Å². The molecule has 0 aliphatic heterocycles. The molecule has 142 valence electrons. The van der Waals surface area contributed by atoms with Crippen LogP contribution in [0.25, 0.3) is 0 Å². The van der Waals surface area contributed by atoms with Crippen LogP contribution in [0.3, 0.4) is 0 Å². The van der Waals surface area contributed by atoms with Crippen LogP contribution in [0.4, 0.5) is 0 Å². The fourth-order valence-corrected chi connectivity index (χ4v) is 2.39. The molecule has 2 amide bonds. The lowest BCUT2D eigenvalue weighted by Crippen LogP contribution is -2.26. The molecule has 0 aliphatic rings. The van der Waals surface area contributed by atoms with E-state index in [0.29, 0.717) is 17.3 Å². The van der Waals surface area contributed by atoms with Gasteiger partial charge in [0.1, 0.15) is 5.75 Å². The molecule has 0 aromatic heterocycles. The van der Waals surface area contributed by atoms with E-state index < -0.39 is 0 Å². The number of amides is 2. The maximum absolute atomic E-state index is 12.0. The van der Waals surface area contributed by atoms with Gasteiger partial charge in [0, 0.05) is 17.3 Å². The van der Waals surface area contributed by atoms with Crippen molar-refractivity contribution < 1.29 is 14.3 Å². The molecular weight excluding hydrogens is 366 g/mol. The lowest BCUT2D eigenvalue weighted by atomic mass is 10.1. The van der Waals surface area contributed by atoms with Crippen molar-refractivity contribution in [2.45, 2.75) is 26.3 Å². The highest BCUT2D eigenvalue weighted by Gasteiger charge is 2.06. The molecule has 6 nitrogen and oxygen atoms in total. The van der Waals surface area contributed by atoms with Crippen molar-refractivity contribution in [3.8, 4) is 5.75 Å². The number of hydrazone groups is 1. The minimum absolute atomic E-state index is 0.109. The van der Waals surface area contributed by atoms with Crippen LogP contribution < -0.4 is 15.5 Å². The van der Waals surface area contributed by atoms with E-state index in [-0.39, 0.29) is 24.7 Å². The summed E-state index contributed by atoms with van der Waals surface area (Å²) in [6.07, 6.45) is 0.301. The lowest BCUT2D eigenvalue weighted by molar-refractivity contribution is -0.121. The van der Waals surface area contributed by atoms with E-state index in [1.165, 1.54) is 0 Å². The first-order valence-electron chi connectivity index (χ1n) is 8.42. The second kappa shape index (κ2) is 10.3. The maximum Gasteiger partial charge on any atom is 0.244 e. The van der Waals surface area contributed by atoms with Gasteiger partial charge in [0.15, 0.2) is 0 Å². The van der Waals surface area contributed by atoms with Crippen LogP contribution in [-0.4, -0.2) is 24.6 Å². The monoisotopic (exact) mass is 387 g/mol. The van der Waals surface area contributed by atoms with Crippen molar-refractivity contribution in [1.29, 1.82) is 0 Å². The van der Waals surface area contributed by atoms with Crippen molar-refractivity contribution in [2.75, 3.05) is 7.11 Å². The minimum Gasteiger partial charge on any atom is -0.497 e. The Hall–Kier alpha value is -2.86. The average Bonchev–Trinajstić information content (AvgIpc) is 2.67. The Labute approximate surface area is 163 Å². The summed E-state index contributed by atoms with van der Waals surface area (Å²) in [5, 5.41) is 7.40. The third kappa shape index (κ3) is 7.50. The van der Waals surface area contributed by atoms with Gasteiger partial charge in [-0.2, -0.15) is 5.10 Å². The Kier molecular flexibility index (Phi) is 7.82. The van der Waals surface area contributed by atoms with Crippen molar-refractivity contribution >= 4 is 29.1 Å². The quantitative estimate of drug-likeness (QED) is 0.539. The summed E-state index contributed by atoms with van der Waals surface area (Å²) in [6, 6.07) is 14.5. The molecule has 0 aliphatic carbocycles. The van der Waals surface area contributed by atoms with Crippen LogP contribution in [0.1, 0.15) is 24.5 Å². The van der Waals surface area contributed by atoms with Crippen LogP contribution in [-0.2, 0) is 22.6 Å². The highest BCUT2D eigenvalue weighted by atomic mass is 35.5.